The predicted octanol–water partition coefficient (Wildman–Crippen LogP) is 2.69. The van der Waals surface area contributed by atoms with E-state index in [0.717, 1.165) is 12.8 Å². The predicted molar refractivity (Wildman–Crippen MR) is 49.9 cm³/mol. The molecule has 0 fully saturated rings. The summed E-state index contributed by atoms with van der Waals surface area (Å²) in [4.78, 5) is 10.9. The molecular weight excluding hydrogens is 152 g/mol. The number of allylic oxidation sites excluding steroid dienone is 1. The Morgan fingerprint density at radius 1 is 1.42 bits per heavy atom. The highest BCUT2D eigenvalue weighted by Crippen LogP contribution is 1.98. The van der Waals surface area contributed by atoms with Crippen LogP contribution in [0.25, 0.3) is 0 Å². The first-order chi connectivity index (χ1) is 5.70. The zero-order chi connectivity index (χ0) is 9.40. The van der Waals surface area contributed by atoms with Gasteiger partial charge in [-0.3, -0.25) is 4.79 Å². The summed E-state index contributed by atoms with van der Waals surface area (Å²) in [7, 11) is 0. The smallest absolute Gasteiger partial charge is 0.306 e. The van der Waals surface area contributed by atoms with Gasteiger partial charge in [-0.25, -0.2) is 0 Å². The van der Waals surface area contributed by atoms with Gasteiger partial charge < -0.3 is 4.74 Å². The van der Waals surface area contributed by atoms with Gasteiger partial charge in [-0.2, -0.15) is 0 Å². The molecule has 0 aliphatic carbocycles. The van der Waals surface area contributed by atoms with E-state index in [1.54, 1.807) is 0 Å². The number of carbonyl (C=O) groups excluding carboxylic acids is 1. The number of hydrogen-bond acceptors (Lipinski definition) is 2. The minimum atomic E-state index is -0.0994. The van der Waals surface area contributed by atoms with E-state index >= 15 is 0 Å². The Morgan fingerprint density at radius 3 is 2.58 bits per heavy atom. The molecule has 2 heteroatoms. The number of rotatable bonds is 5. The molecule has 0 rings (SSSR count). The van der Waals surface area contributed by atoms with Crippen LogP contribution in [0.1, 0.15) is 40.0 Å². The van der Waals surface area contributed by atoms with E-state index in [4.69, 9.17) is 4.74 Å². The lowest BCUT2D eigenvalue weighted by atomic mass is 10.2. The van der Waals surface area contributed by atoms with E-state index in [2.05, 4.69) is 6.92 Å². The zero-order valence-corrected chi connectivity index (χ0v) is 8.22. The van der Waals surface area contributed by atoms with Crippen LogP contribution in [0.2, 0.25) is 0 Å². The number of esters is 1. The fourth-order valence-corrected chi connectivity index (χ4v) is 0.698. The Balaban J connectivity index is 3.48. The van der Waals surface area contributed by atoms with Gasteiger partial charge in [-0.1, -0.05) is 19.4 Å². The van der Waals surface area contributed by atoms with E-state index in [0.29, 0.717) is 13.0 Å². The fraction of sp³-hybridized carbons (Fsp3) is 0.700. The van der Waals surface area contributed by atoms with Crippen LogP contribution in [-0.4, -0.2) is 12.6 Å². The van der Waals surface area contributed by atoms with Gasteiger partial charge in [0.2, 0.25) is 0 Å². The second-order valence-corrected chi connectivity index (χ2v) is 2.84. The summed E-state index contributed by atoms with van der Waals surface area (Å²) in [6, 6.07) is 0. The van der Waals surface area contributed by atoms with E-state index in [-0.39, 0.29) is 5.97 Å². The van der Waals surface area contributed by atoms with Crippen molar-refractivity contribution in [3.63, 3.8) is 0 Å². The van der Waals surface area contributed by atoms with Gasteiger partial charge in [0.05, 0.1) is 0 Å². The van der Waals surface area contributed by atoms with Gasteiger partial charge in [-0.15, -0.1) is 0 Å². The van der Waals surface area contributed by atoms with Crippen LogP contribution >= 0.6 is 0 Å². The van der Waals surface area contributed by atoms with Gasteiger partial charge >= 0.3 is 5.97 Å². The van der Waals surface area contributed by atoms with Crippen molar-refractivity contribution in [2.45, 2.75) is 40.0 Å². The fourth-order valence-electron chi connectivity index (χ4n) is 0.698. The lowest BCUT2D eigenvalue weighted by Crippen LogP contribution is -2.03. The Kier molecular flexibility index (Phi) is 6.44. The number of hydrogen-bond donors (Lipinski definition) is 0. The monoisotopic (exact) mass is 170 g/mol. The maximum atomic E-state index is 10.9. The summed E-state index contributed by atoms with van der Waals surface area (Å²) < 4.78 is 4.94. The van der Waals surface area contributed by atoms with Gasteiger partial charge in [0.25, 0.3) is 0 Å². The Morgan fingerprint density at radius 2 is 2.08 bits per heavy atom. The first-order valence-corrected chi connectivity index (χ1v) is 4.52. The van der Waals surface area contributed by atoms with Gasteiger partial charge in [0.15, 0.2) is 0 Å². The van der Waals surface area contributed by atoms with Crippen molar-refractivity contribution < 1.29 is 9.53 Å². The largest absolute Gasteiger partial charge is 0.461 e. The van der Waals surface area contributed by atoms with E-state index in [1.807, 2.05) is 19.9 Å². The molecule has 12 heavy (non-hydrogen) atoms. The van der Waals surface area contributed by atoms with E-state index in [9.17, 15) is 4.79 Å². The highest BCUT2D eigenvalue weighted by molar-refractivity contribution is 5.69. The van der Waals surface area contributed by atoms with Crippen LogP contribution in [-0.2, 0) is 9.53 Å². The van der Waals surface area contributed by atoms with E-state index in [1.165, 1.54) is 5.57 Å². The molecule has 0 aromatic carbocycles. The molecule has 0 unspecified atom stereocenters. The molecule has 0 aromatic rings. The summed E-state index contributed by atoms with van der Waals surface area (Å²) >= 11 is 0. The third-order valence-electron chi connectivity index (χ3n) is 1.69. The summed E-state index contributed by atoms with van der Waals surface area (Å²) in [5.74, 6) is -0.0994. The maximum Gasteiger partial charge on any atom is 0.306 e. The highest BCUT2D eigenvalue weighted by Gasteiger charge is 1.97. The summed E-state index contributed by atoms with van der Waals surface area (Å²) in [6.07, 6.45) is 4.35. The average molecular weight is 170 g/mol. The highest BCUT2D eigenvalue weighted by atomic mass is 16.5. The van der Waals surface area contributed by atoms with Crippen LogP contribution in [0.4, 0.5) is 0 Å². The minimum Gasteiger partial charge on any atom is -0.461 e. The van der Waals surface area contributed by atoms with Gasteiger partial charge in [0.1, 0.15) is 6.61 Å². The third-order valence-corrected chi connectivity index (χ3v) is 1.69. The molecule has 0 radical (unpaired) electrons. The average Bonchev–Trinajstić information content (AvgIpc) is 2.04. The van der Waals surface area contributed by atoms with Crippen molar-refractivity contribution in [1.29, 1.82) is 0 Å². The molecule has 0 bridgehead atoms. The van der Waals surface area contributed by atoms with Crippen molar-refractivity contribution in [2.75, 3.05) is 6.61 Å². The topological polar surface area (TPSA) is 26.3 Å². The van der Waals surface area contributed by atoms with Crippen LogP contribution in [0, 0.1) is 0 Å². The van der Waals surface area contributed by atoms with Crippen LogP contribution in [0.15, 0.2) is 11.6 Å². The molecule has 0 atom stereocenters. The zero-order valence-electron chi connectivity index (χ0n) is 8.22. The summed E-state index contributed by atoms with van der Waals surface area (Å²) in [5.41, 5.74) is 1.26. The molecule has 0 spiro atoms. The standard InChI is InChI=1S/C10H18O2/c1-4-6-10(11)12-8-7-9(3)5-2/h7H,4-6,8H2,1-3H3/b9-7+. The summed E-state index contributed by atoms with van der Waals surface area (Å²) in [5, 5.41) is 0. The second-order valence-electron chi connectivity index (χ2n) is 2.84. The van der Waals surface area contributed by atoms with Crippen LogP contribution < -0.4 is 0 Å². The molecule has 0 aliphatic heterocycles. The Hall–Kier alpha value is -0.790. The van der Waals surface area contributed by atoms with Gasteiger partial charge in [0, 0.05) is 6.42 Å². The van der Waals surface area contributed by atoms with Crippen molar-refractivity contribution in [3.05, 3.63) is 11.6 Å². The number of carbonyl (C=O) groups is 1. The Bertz CT molecular complexity index is 159. The second kappa shape index (κ2) is 6.89. The van der Waals surface area contributed by atoms with Crippen molar-refractivity contribution in [2.24, 2.45) is 0 Å². The van der Waals surface area contributed by atoms with E-state index < -0.39 is 0 Å². The minimum absolute atomic E-state index is 0.0994. The Labute approximate surface area is 74.6 Å². The first kappa shape index (κ1) is 11.2. The summed E-state index contributed by atoms with van der Waals surface area (Å²) in [6.45, 7) is 6.51. The molecule has 0 N–H and O–H groups in total. The SMILES string of the molecule is CCCC(=O)OC/C=C(\C)CC. The molecular formula is C10H18O2. The first-order valence-electron chi connectivity index (χ1n) is 4.52. The third kappa shape index (κ3) is 5.96. The quantitative estimate of drug-likeness (QED) is 0.468. The lowest BCUT2D eigenvalue weighted by Gasteiger charge is -2.00. The molecule has 0 heterocycles. The molecule has 70 valence electrons. The molecule has 0 aliphatic rings. The molecule has 0 amide bonds. The van der Waals surface area contributed by atoms with Crippen molar-refractivity contribution in [3.8, 4) is 0 Å². The normalized spacial score (nSPS) is 11.4. The molecule has 2 nitrogen and oxygen atoms in total. The van der Waals surface area contributed by atoms with Crippen molar-refractivity contribution >= 4 is 5.97 Å². The maximum absolute atomic E-state index is 10.9. The molecule has 0 saturated heterocycles. The lowest BCUT2D eigenvalue weighted by molar-refractivity contribution is -0.142. The van der Waals surface area contributed by atoms with Crippen molar-refractivity contribution in [1.82, 2.24) is 0 Å². The van der Waals surface area contributed by atoms with Gasteiger partial charge in [-0.05, 0) is 25.8 Å². The van der Waals surface area contributed by atoms with Crippen LogP contribution in [0.5, 0.6) is 0 Å². The van der Waals surface area contributed by atoms with Crippen LogP contribution in [0.3, 0.4) is 0 Å². The molecule has 0 saturated carbocycles. The molecule has 0 aromatic heterocycles. The number of ether oxygens (including phenoxy) is 1.